The van der Waals surface area contributed by atoms with Crippen molar-refractivity contribution in [3.05, 3.63) is 52.8 Å². The second kappa shape index (κ2) is 10.9. The molecule has 3 aromatic rings. The van der Waals surface area contributed by atoms with E-state index in [0.29, 0.717) is 77.0 Å². The van der Waals surface area contributed by atoms with E-state index in [-0.39, 0.29) is 23.5 Å². The Bertz CT molecular complexity index is 1530. The predicted octanol–water partition coefficient (Wildman–Crippen LogP) is 2.97. The van der Waals surface area contributed by atoms with E-state index >= 15 is 0 Å². The third-order valence-corrected chi connectivity index (χ3v) is 7.29. The molecule has 206 valence electrons. The maximum atomic E-state index is 13.6. The van der Waals surface area contributed by atoms with Crippen LogP contribution in [-0.4, -0.2) is 89.7 Å². The molecule has 1 aromatic carbocycles. The predicted molar refractivity (Wildman–Crippen MR) is 150 cm³/mol. The Morgan fingerprint density at radius 1 is 0.925 bits per heavy atom. The van der Waals surface area contributed by atoms with E-state index in [1.807, 2.05) is 0 Å². The molecular formula is C29H32N8O3. The first-order valence-electron chi connectivity index (χ1n) is 13.4. The van der Waals surface area contributed by atoms with Gasteiger partial charge in [0.15, 0.2) is 17.4 Å². The summed E-state index contributed by atoms with van der Waals surface area (Å²) in [7, 11) is 6.64. The Hall–Kier alpha value is -4.59. The van der Waals surface area contributed by atoms with Crippen LogP contribution in [0.4, 0.5) is 11.6 Å². The molecule has 2 fully saturated rings. The van der Waals surface area contributed by atoms with Gasteiger partial charge in [0, 0.05) is 58.8 Å². The molecule has 11 nitrogen and oxygen atoms in total. The van der Waals surface area contributed by atoms with Crippen molar-refractivity contribution in [3.63, 3.8) is 0 Å². The molecule has 1 aliphatic carbocycles. The molecule has 2 aliphatic rings. The number of carbonyl (C=O) groups excluding carboxylic acids is 3. The normalized spacial score (nSPS) is 15.4. The van der Waals surface area contributed by atoms with Gasteiger partial charge in [-0.1, -0.05) is 0 Å². The topological polar surface area (TPSA) is 135 Å². The van der Waals surface area contributed by atoms with Crippen LogP contribution in [0.3, 0.4) is 0 Å². The zero-order chi connectivity index (χ0) is 28.6. The van der Waals surface area contributed by atoms with Crippen molar-refractivity contribution in [1.29, 1.82) is 5.26 Å². The van der Waals surface area contributed by atoms with Crippen molar-refractivity contribution in [2.24, 2.45) is 5.92 Å². The molecule has 0 atom stereocenters. The lowest BCUT2D eigenvalue weighted by Crippen LogP contribution is -2.38. The zero-order valence-corrected chi connectivity index (χ0v) is 23.1. The van der Waals surface area contributed by atoms with Gasteiger partial charge in [0.1, 0.15) is 11.2 Å². The number of nitriles is 1. The Morgan fingerprint density at radius 3 is 2.25 bits per heavy atom. The summed E-state index contributed by atoms with van der Waals surface area (Å²) in [5, 5.41) is 12.9. The average molecular weight is 541 g/mol. The highest BCUT2D eigenvalue weighted by atomic mass is 16.2. The third kappa shape index (κ3) is 5.43. The smallest absolute Gasteiger partial charge is 0.272 e. The van der Waals surface area contributed by atoms with Crippen molar-refractivity contribution in [2.45, 2.75) is 31.7 Å². The molecule has 11 heteroatoms. The quantitative estimate of drug-likeness (QED) is 0.449. The maximum absolute atomic E-state index is 13.6. The zero-order valence-electron chi connectivity index (χ0n) is 23.1. The lowest BCUT2D eigenvalue weighted by atomic mass is 9.86. The highest BCUT2D eigenvalue weighted by molar-refractivity contribution is 6.09. The van der Waals surface area contributed by atoms with E-state index in [2.05, 4.69) is 21.3 Å². The van der Waals surface area contributed by atoms with Crippen LogP contribution in [0.1, 0.15) is 62.5 Å². The van der Waals surface area contributed by atoms with Crippen LogP contribution in [0.25, 0.3) is 11.0 Å². The van der Waals surface area contributed by atoms with Crippen LogP contribution >= 0.6 is 0 Å². The lowest BCUT2D eigenvalue weighted by Gasteiger charge is -2.33. The number of hydrogen-bond donors (Lipinski definition) is 1. The van der Waals surface area contributed by atoms with Crippen LogP contribution in [0, 0.1) is 17.2 Å². The minimum Gasteiger partial charge on any atom is -0.364 e. The van der Waals surface area contributed by atoms with Gasteiger partial charge in [0.05, 0.1) is 28.9 Å². The molecule has 2 amide bonds. The van der Waals surface area contributed by atoms with E-state index in [9.17, 15) is 19.6 Å². The van der Waals surface area contributed by atoms with Crippen molar-refractivity contribution >= 4 is 40.3 Å². The number of carbonyl (C=O) groups is 3. The summed E-state index contributed by atoms with van der Waals surface area (Å²) in [6.07, 6.45) is 4.84. The van der Waals surface area contributed by atoms with Crippen LogP contribution in [0.2, 0.25) is 0 Å². The molecule has 0 spiro atoms. The summed E-state index contributed by atoms with van der Waals surface area (Å²) in [4.78, 5) is 57.8. The number of nitrogens with one attached hydrogen (secondary N) is 1. The van der Waals surface area contributed by atoms with E-state index in [1.54, 1.807) is 52.6 Å². The van der Waals surface area contributed by atoms with Gasteiger partial charge in [-0.05, 0) is 49.9 Å². The molecule has 5 rings (SSSR count). The van der Waals surface area contributed by atoms with Crippen LogP contribution in [-0.2, 0) is 0 Å². The summed E-state index contributed by atoms with van der Waals surface area (Å²) in [6, 6.07) is 8.74. The average Bonchev–Trinajstić information content (AvgIpc) is 3.79. The Kier molecular flexibility index (Phi) is 7.34. The van der Waals surface area contributed by atoms with Gasteiger partial charge in [-0.2, -0.15) is 5.26 Å². The Labute approximate surface area is 232 Å². The summed E-state index contributed by atoms with van der Waals surface area (Å²) in [5.74, 6) is 0.491. The maximum Gasteiger partial charge on any atom is 0.272 e. The number of pyridine rings is 1. The number of nitrogens with zero attached hydrogens (tertiary/aromatic N) is 7. The second-order valence-electron chi connectivity index (χ2n) is 10.8. The van der Waals surface area contributed by atoms with Gasteiger partial charge in [0.2, 0.25) is 0 Å². The first-order chi connectivity index (χ1) is 19.2. The van der Waals surface area contributed by atoms with Gasteiger partial charge in [-0.3, -0.25) is 14.4 Å². The third-order valence-electron chi connectivity index (χ3n) is 7.29. The molecule has 1 N–H and O–H groups in total. The minimum atomic E-state index is -0.284. The fourth-order valence-electron chi connectivity index (χ4n) is 4.85. The number of benzene rings is 1. The van der Waals surface area contributed by atoms with Crippen molar-refractivity contribution in [1.82, 2.24) is 24.8 Å². The van der Waals surface area contributed by atoms with E-state index < -0.39 is 0 Å². The molecule has 1 aliphatic heterocycles. The summed E-state index contributed by atoms with van der Waals surface area (Å²) < 4.78 is 0. The summed E-state index contributed by atoms with van der Waals surface area (Å²) >= 11 is 0. The fraction of sp³-hybridized carbons (Fsp3) is 0.414. The number of rotatable bonds is 7. The molecular weight excluding hydrogens is 508 g/mol. The SMILES string of the molecule is CN(C)C(=O)c1cc2nc(NC3CC3)c(N3CCC(C(=O)c4cc(C#N)ccc4C(=O)N(C)C)CC3)nc2cn1. The molecule has 0 radical (unpaired) electrons. The fourth-order valence-corrected chi connectivity index (χ4v) is 4.85. The monoisotopic (exact) mass is 540 g/mol. The van der Waals surface area contributed by atoms with Crippen molar-refractivity contribution < 1.29 is 14.4 Å². The summed E-state index contributed by atoms with van der Waals surface area (Å²) in [6.45, 7) is 1.16. The number of amides is 2. The van der Waals surface area contributed by atoms with Crippen molar-refractivity contribution in [2.75, 3.05) is 51.5 Å². The lowest BCUT2D eigenvalue weighted by molar-refractivity contribution is 0.0811. The first kappa shape index (κ1) is 27.0. The number of hydrogen-bond acceptors (Lipinski definition) is 9. The van der Waals surface area contributed by atoms with Crippen LogP contribution in [0.5, 0.6) is 0 Å². The number of piperidine rings is 1. The standard InChI is InChI=1S/C29H32N8O3/c1-35(2)28(39)20-8-5-17(15-30)13-21(20)25(38)18-9-11-37(12-10-18)27-26(32-19-6-7-19)33-22-14-23(29(40)36(3)4)31-16-24(22)34-27/h5,8,13-14,16,18-19H,6-7,9-12H2,1-4H3,(H,32,33). The molecule has 3 heterocycles. The van der Waals surface area contributed by atoms with Crippen LogP contribution in [0.15, 0.2) is 30.5 Å². The molecule has 0 unspecified atom stereocenters. The van der Waals surface area contributed by atoms with Crippen LogP contribution < -0.4 is 10.2 Å². The van der Waals surface area contributed by atoms with Gasteiger partial charge < -0.3 is 20.0 Å². The van der Waals surface area contributed by atoms with E-state index in [0.717, 1.165) is 12.8 Å². The highest BCUT2D eigenvalue weighted by Crippen LogP contribution is 2.34. The molecule has 2 aromatic heterocycles. The molecule has 1 saturated carbocycles. The van der Waals surface area contributed by atoms with Gasteiger partial charge in [0.25, 0.3) is 11.8 Å². The molecule has 1 saturated heterocycles. The number of fused-ring (bicyclic) bond motifs is 1. The van der Waals surface area contributed by atoms with E-state index in [4.69, 9.17) is 9.97 Å². The van der Waals surface area contributed by atoms with Gasteiger partial charge >= 0.3 is 0 Å². The Balaban J connectivity index is 1.39. The van der Waals surface area contributed by atoms with Gasteiger partial charge in [-0.15, -0.1) is 0 Å². The summed E-state index contributed by atoms with van der Waals surface area (Å²) in [5.41, 5.74) is 2.45. The van der Waals surface area contributed by atoms with Gasteiger partial charge in [-0.25, -0.2) is 15.0 Å². The second-order valence-corrected chi connectivity index (χ2v) is 10.8. The number of aromatic nitrogens is 3. The largest absolute Gasteiger partial charge is 0.364 e. The first-order valence-corrected chi connectivity index (χ1v) is 13.4. The van der Waals surface area contributed by atoms with E-state index in [1.165, 1.54) is 15.9 Å². The number of Topliss-reactive ketones (excluding diaryl/α,β-unsaturated/α-hetero) is 1. The molecule has 40 heavy (non-hydrogen) atoms. The minimum absolute atomic E-state index is 0.120. The molecule has 0 bridgehead atoms. The number of ketones is 1. The number of anilines is 2. The van der Waals surface area contributed by atoms with Crippen molar-refractivity contribution in [3.8, 4) is 6.07 Å². The Morgan fingerprint density at radius 2 is 1.62 bits per heavy atom. The highest BCUT2D eigenvalue weighted by Gasteiger charge is 2.32.